The van der Waals surface area contributed by atoms with Crippen LogP contribution in [0.3, 0.4) is 0 Å². The lowest BCUT2D eigenvalue weighted by Crippen LogP contribution is -2.09. The predicted molar refractivity (Wildman–Crippen MR) is 75.3 cm³/mol. The lowest BCUT2D eigenvalue weighted by molar-refractivity contribution is 0.288. The first-order valence-electron chi connectivity index (χ1n) is 5.36. The number of benzene rings is 1. The van der Waals surface area contributed by atoms with Crippen molar-refractivity contribution in [1.82, 2.24) is 15.0 Å². The molecule has 1 aromatic carbocycles. The molecule has 5 nitrogen and oxygen atoms in total. The minimum Gasteiger partial charge on any atom is -0.490 e. The van der Waals surface area contributed by atoms with Crippen LogP contribution < -0.4 is 10.5 Å². The fourth-order valence-electron chi connectivity index (χ4n) is 1.38. The molecule has 0 fully saturated rings. The van der Waals surface area contributed by atoms with Gasteiger partial charge in [-0.1, -0.05) is 21.1 Å². The molecule has 7 heteroatoms. The number of nitrogens with two attached hydrogens (primary N) is 1. The van der Waals surface area contributed by atoms with E-state index in [-0.39, 0.29) is 0 Å². The zero-order valence-corrected chi connectivity index (χ0v) is 12.7. The fourth-order valence-corrected chi connectivity index (χ4v) is 2.54. The van der Waals surface area contributed by atoms with Crippen LogP contribution in [0.25, 0.3) is 0 Å². The number of nitrogens with zero attached hydrogens (tertiary/aromatic N) is 3. The average Bonchev–Trinajstić information content (AvgIpc) is 2.80. The van der Waals surface area contributed by atoms with E-state index in [1.54, 1.807) is 4.68 Å². The van der Waals surface area contributed by atoms with E-state index in [0.29, 0.717) is 19.7 Å². The van der Waals surface area contributed by atoms with Gasteiger partial charge in [-0.25, -0.2) is 4.68 Å². The fraction of sp³-hybridized carbons (Fsp3) is 0.273. The van der Waals surface area contributed by atoms with Crippen LogP contribution in [-0.2, 0) is 13.1 Å². The normalized spacial score (nSPS) is 10.6. The number of hydrogen-bond acceptors (Lipinski definition) is 4. The SMILES string of the molecule is NCc1cn(CCOc2ccc(Br)cc2Br)nn1. The zero-order chi connectivity index (χ0) is 13.0. The van der Waals surface area contributed by atoms with E-state index in [2.05, 4.69) is 42.2 Å². The molecular weight excluding hydrogens is 364 g/mol. The third-order valence-electron chi connectivity index (χ3n) is 2.27. The van der Waals surface area contributed by atoms with Gasteiger partial charge < -0.3 is 10.5 Å². The van der Waals surface area contributed by atoms with Crippen molar-refractivity contribution in [1.29, 1.82) is 0 Å². The second-order valence-electron chi connectivity index (χ2n) is 3.60. The van der Waals surface area contributed by atoms with Gasteiger partial charge in [0.05, 0.1) is 16.7 Å². The Hall–Kier alpha value is -0.920. The molecule has 2 rings (SSSR count). The maximum absolute atomic E-state index is 5.65. The maximum atomic E-state index is 5.65. The topological polar surface area (TPSA) is 66.0 Å². The minimum absolute atomic E-state index is 0.402. The summed E-state index contributed by atoms with van der Waals surface area (Å²) in [5, 5.41) is 7.85. The van der Waals surface area contributed by atoms with Crippen LogP contribution in [0.5, 0.6) is 5.75 Å². The highest BCUT2D eigenvalue weighted by atomic mass is 79.9. The van der Waals surface area contributed by atoms with Gasteiger partial charge in [-0.15, -0.1) is 5.10 Å². The molecule has 1 heterocycles. The van der Waals surface area contributed by atoms with Crippen LogP contribution >= 0.6 is 31.9 Å². The monoisotopic (exact) mass is 374 g/mol. The Bertz CT molecular complexity index is 530. The van der Waals surface area contributed by atoms with E-state index >= 15 is 0 Å². The Balaban J connectivity index is 1.88. The molecule has 0 saturated carbocycles. The molecule has 0 bridgehead atoms. The summed E-state index contributed by atoms with van der Waals surface area (Å²) in [6.45, 7) is 1.56. The van der Waals surface area contributed by atoms with Crippen molar-refractivity contribution in [2.45, 2.75) is 13.1 Å². The summed E-state index contributed by atoms with van der Waals surface area (Å²) in [5.74, 6) is 0.803. The van der Waals surface area contributed by atoms with E-state index in [9.17, 15) is 0 Å². The first-order chi connectivity index (χ1) is 8.69. The highest BCUT2D eigenvalue weighted by molar-refractivity contribution is 9.11. The van der Waals surface area contributed by atoms with Gasteiger partial charge in [0.1, 0.15) is 12.4 Å². The summed E-state index contributed by atoms with van der Waals surface area (Å²) in [7, 11) is 0. The van der Waals surface area contributed by atoms with Crippen molar-refractivity contribution >= 4 is 31.9 Å². The molecule has 0 amide bonds. The molecule has 96 valence electrons. The molecule has 0 radical (unpaired) electrons. The Kier molecular flexibility index (Phi) is 4.73. The van der Waals surface area contributed by atoms with Crippen molar-refractivity contribution in [3.8, 4) is 5.75 Å². The van der Waals surface area contributed by atoms with Crippen LogP contribution in [0.15, 0.2) is 33.3 Å². The third kappa shape index (κ3) is 3.54. The average molecular weight is 376 g/mol. The van der Waals surface area contributed by atoms with E-state index in [4.69, 9.17) is 10.5 Å². The summed E-state index contributed by atoms with van der Waals surface area (Å²) in [5.41, 5.74) is 6.24. The molecule has 2 N–H and O–H groups in total. The largest absolute Gasteiger partial charge is 0.490 e. The van der Waals surface area contributed by atoms with Crippen LogP contribution in [-0.4, -0.2) is 21.6 Å². The first-order valence-corrected chi connectivity index (χ1v) is 6.94. The van der Waals surface area contributed by atoms with E-state index in [1.807, 2.05) is 24.4 Å². The van der Waals surface area contributed by atoms with Crippen LogP contribution in [0.2, 0.25) is 0 Å². The van der Waals surface area contributed by atoms with E-state index < -0.39 is 0 Å². The van der Waals surface area contributed by atoms with Gasteiger partial charge in [-0.2, -0.15) is 0 Å². The van der Waals surface area contributed by atoms with Gasteiger partial charge in [0.2, 0.25) is 0 Å². The molecule has 0 saturated heterocycles. The first kappa shape index (κ1) is 13.5. The molecule has 18 heavy (non-hydrogen) atoms. The summed E-state index contributed by atoms with van der Waals surface area (Å²) in [6.07, 6.45) is 1.82. The van der Waals surface area contributed by atoms with Crippen molar-refractivity contribution < 1.29 is 4.74 Å². The van der Waals surface area contributed by atoms with Crippen molar-refractivity contribution in [3.05, 3.63) is 39.0 Å². The highest BCUT2D eigenvalue weighted by Gasteiger charge is 2.02. The summed E-state index contributed by atoms with van der Waals surface area (Å²) < 4.78 is 9.29. The molecule has 0 aliphatic heterocycles. The molecule has 0 spiro atoms. The zero-order valence-electron chi connectivity index (χ0n) is 9.51. The quantitative estimate of drug-likeness (QED) is 0.870. The Morgan fingerprint density at radius 2 is 2.17 bits per heavy atom. The smallest absolute Gasteiger partial charge is 0.133 e. The van der Waals surface area contributed by atoms with Crippen molar-refractivity contribution in [2.24, 2.45) is 5.73 Å². The molecule has 0 aliphatic rings. The molecule has 1 aromatic heterocycles. The summed E-state index contributed by atoms with van der Waals surface area (Å²) in [4.78, 5) is 0. The second-order valence-corrected chi connectivity index (χ2v) is 5.37. The Morgan fingerprint density at radius 1 is 1.33 bits per heavy atom. The molecule has 2 aromatic rings. The number of ether oxygens (including phenoxy) is 1. The van der Waals surface area contributed by atoms with E-state index in [0.717, 1.165) is 20.4 Å². The Morgan fingerprint density at radius 3 is 2.83 bits per heavy atom. The van der Waals surface area contributed by atoms with Crippen LogP contribution in [0, 0.1) is 0 Å². The summed E-state index contributed by atoms with van der Waals surface area (Å²) in [6, 6.07) is 5.78. The van der Waals surface area contributed by atoms with Gasteiger partial charge in [0.15, 0.2) is 0 Å². The van der Waals surface area contributed by atoms with Gasteiger partial charge in [0, 0.05) is 17.2 Å². The van der Waals surface area contributed by atoms with Crippen LogP contribution in [0.1, 0.15) is 5.69 Å². The molecule has 0 atom stereocenters. The van der Waals surface area contributed by atoms with Crippen molar-refractivity contribution in [3.63, 3.8) is 0 Å². The van der Waals surface area contributed by atoms with E-state index in [1.165, 1.54) is 0 Å². The molecule has 0 unspecified atom stereocenters. The minimum atomic E-state index is 0.402. The standard InChI is InChI=1S/C11H12Br2N4O/c12-8-1-2-11(10(13)5-8)18-4-3-17-7-9(6-14)15-16-17/h1-2,5,7H,3-4,6,14H2. The number of hydrogen-bond donors (Lipinski definition) is 1. The maximum Gasteiger partial charge on any atom is 0.133 e. The van der Waals surface area contributed by atoms with Gasteiger partial charge >= 0.3 is 0 Å². The Labute approximate surface area is 122 Å². The van der Waals surface area contributed by atoms with Gasteiger partial charge in [0.25, 0.3) is 0 Å². The molecule has 0 aliphatic carbocycles. The molecular formula is C11H12Br2N4O. The van der Waals surface area contributed by atoms with Gasteiger partial charge in [-0.05, 0) is 34.1 Å². The van der Waals surface area contributed by atoms with Crippen LogP contribution in [0.4, 0.5) is 0 Å². The lowest BCUT2D eigenvalue weighted by atomic mass is 10.3. The van der Waals surface area contributed by atoms with Crippen molar-refractivity contribution in [2.75, 3.05) is 6.61 Å². The summed E-state index contributed by atoms with van der Waals surface area (Å²) >= 11 is 6.83. The lowest BCUT2D eigenvalue weighted by Gasteiger charge is -2.08. The predicted octanol–water partition coefficient (Wildman–Crippen LogP) is 2.34. The number of aromatic nitrogens is 3. The number of rotatable bonds is 5. The third-order valence-corrected chi connectivity index (χ3v) is 3.38. The highest BCUT2D eigenvalue weighted by Crippen LogP contribution is 2.28. The second kappa shape index (κ2) is 6.31. The number of halogens is 2. The van der Waals surface area contributed by atoms with Gasteiger partial charge in [-0.3, -0.25) is 0 Å².